The third kappa shape index (κ3) is 6.95. The van der Waals surface area contributed by atoms with Gasteiger partial charge in [-0.2, -0.15) is 0 Å². The molecular weight excluding hydrogens is 236 g/mol. The number of nitrogens with one attached hydrogen (secondary N) is 1. The van der Waals surface area contributed by atoms with Crippen LogP contribution >= 0.6 is 0 Å². The maximum atomic E-state index is 12.2. The fraction of sp³-hybridized carbons (Fsp3) is 0.938. The van der Waals surface area contributed by atoms with Crippen molar-refractivity contribution in [3.05, 3.63) is 0 Å². The highest BCUT2D eigenvalue weighted by atomic mass is 16.1. The van der Waals surface area contributed by atoms with Gasteiger partial charge in [0.2, 0.25) is 5.91 Å². The highest BCUT2D eigenvalue weighted by Gasteiger charge is 2.19. The summed E-state index contributed by atoms with van der Waals surface area (Å²) in [7, 11) is 0. The maximum absolute atomic E-state index is 12.2. The molecule has 1 fully saturated rings. The maximum Gasteiger partial charge on any atom is 0.223 e. The summed E-state index contributed by atoms with van der Waals surface area (Å²) in [6, 6.07) is 0. The van der Waals surface area contributed by atoms with Crippen LogP contribution in [0.4, 0.5) is 0 Å². The summed E-state index contributed by atoms with van der Waals surface area (Å²) >= 11 is 0. The normalized spacial score (nSPS) is 19.5. The van der Waals surface area contributed by atoms with Gasteiger partial charge in [-0.25, -0.2) is 0 Å². The lowest BCUT2D eigenvalue weighted by Crippen LogP contribution is -2.35. The van der Waals surface area contributed by atoms with Crippen molar-refractivity contribution in [2.75, 3.05) is 13.1 Å². The summed E-state index contributed by atoms with van der Waals surface area (Å²) in [6.07, 6.45) is 11.9. The second-order valence-corrected chi connectivity index (χ2v) is 6.02. The molecule has 112 valence electrons. The van der Waals surface area contributed by atoms with E-state index in [0.717, 1.165) is 32.4 Å². The van der Waals surface area contributed by atoms with Crippen LogP contribution in [0.1, 0.15) is 71.1 Å². The number of carbonyl (C=O) groups excluding carboxylic acids is 1. The third-order valence-electron chi connectivity index (χ3n) is 4.31. The van der Waals surface area contributed by atoms with Gasteiger partial charge in [-0.05, 0) is 38.1 Å². The van der Waals surface area contributed by atoms with Crippen molar-refractivity contribution in [1.29, 1.82) is 0 Å². The molecule has 0 spiro atoms. The molecule has 0 aromatic heterocycles. The molecule has 0 radical (unpaired) electrons. The van der Waals surface area contributed by atoms with Crippen LogP contribution in [-0.4, -0.2) is 19.0 Å². The van der Waals surface area contributed by atoms with Gasteiger partial charge in [-0.3, -0.25) is 4.79 Å². The van der Waals surface area contributed by atoms with Crippen LogP contribution in [0.5, 0.6) is 0 Å². The second kappa shape index (κ2) is 10.2. The van der Waals surface area contributed by atoms with Crippen molar-refractivity contribution in [2.24, 2.45) is 17.6 Å². The van der Waals surface area contributed by atoms with Gasteiger partial charge in [-0.1, -0.05) is 45.4 Å². The summed E-state index contributed by atoms with van der Waals surface area (Å²) in [5.74, 6) is 1.12. The Labute approximate surface area is 118 Å². The first-order chi connectivity index (χ1) is 9.27. The van der Waals surface area contributed by atoms with E-state index in [0.29, 0.717) is 11.8 Å². The van der Waals surface area contributed by atoms with Crippen LogP contribution in [-0.2, 0) is 4.79 Å². The van der Waals surface area contributed by atoms with Gasteiger partial charge >= 0.3 is 0 Å². The van der Waals surface area contributed by atoms with E-state index in [9.17, 15) is 4.79 Å². The predicted octanol–water partition coefficient (Wildman–Crippen LogP) is 3.23. The van der Waals surface area contributed by atoms with Crippen LogP contribution in [0.15, 0.2) is 0 Å². The highest BCUT2D eigenvalue weighted by molar-refractivity contribution is 5.78. The number of amides is 1. The van der Waals surface area contributed by atoms with E-state index >= 15 is 0 Å². The summed E-state index contributed by atoms with van der Waals surface area (Å²) in [4.78, 5) is 12.2. The number of hydrogen-bond acceptors (Lipinski definition) is 2. The molecule has 1 amide bonds. The average Bonchev–Trinajstić information content (AvgIpc) is 2.36. The molecule has 0 aliphatic heterocycles. The summed E-state index contributed by atoms with van der Waals surface area (Å²) < 4.78 is 0. The van der Waals surface area contributed by atoms with Gasteiger partial charge in [0, 0.05) is 12.5 Å². The van der Waals surface area contributed by atoms with Crippen LogP contribution in [0.2, 0.25) is 0 Å². The highest BCUT2D eigenvalue weighted by Crippen LogP contribution is 2.22. The Hall–Kier alpha value is -0.570. The van der Waals surface area contributed by atoms with Crippen LogP contribution < -0.4 is 11.1 Å². The van der Waals surface area contributed by atoms with Gasteiger partial charge in [0.25, 0.3) is 0 Å². The largest absolute Gasteiger partial charge is 0.356 e. The number of rotatable bonds is 7. The quantitative estimate of drug-likeness (QED) is 0.745. The van der Waals surface area contributed by atoms with E-state index in [2.05, 4.69) is 12.2 Å². The molecule has 1 aliphatic carbocycles. The monoisotopic (exact) mass is 268 g/mol. The molecule has 1 atom stereocenters. The molecule has 1 rings (SSSR count). The van der Waals surface area contributed by atoms with E-state index in [-0.39, 0.29) is 5.92 Å². The van der Waals surface area contributed by atoms with E-state index in [1.807, 2.05) is 0 Å². The summed E-state index contributed by atoms with van der Waals surface area (Å²) in [6.45, 7) is 3.74. The molecule has 1 aliphatic rings. The fourth-order valence-electron chi connectivity index (χ4n) is 3.10. The summed E-state index contributed by atoms with van der Waals surface area (Å²) in [5, 5.41) is 3.18. The molecule has 1 saturated carbocycles. The molecule has 1 unspecified atom stereocenters. The fourth-order valence-corrected chi connectivity index (χ4v) is 3.10. The van der Waals surface area contributed by atoms with E-state index in [4.69, 9.17) is 5.73 Å². The first-order valence-electron chi connectivity index (χ1n) is 8.25. The Morgan fingerprint density at radius 1 is 1.16 bits per heavy atom. The lowest BCUT2D eigenvalue weighted by molar-refractivity contribution is -0.125. The van der Waals surface area contributed by atoms with Crippen molar-refractivity contribution in [2.45, 2.75) is 71.1 Å². The SMILES string of the molecule is CCCC(CCN)CNC(=O)C1CCCCCCC1. The number of hydrogen-bond donors (Lipinski definition) is 2. The van der Waals surface area contributed by atoms with Crippen LogP contribution in [0.3, 0.4) is 0 Å². The number of nitrogens with two attached hydrogens (primary N) is 1. The Morgan fingerprint density at radius 2 is 1.79 bits per heavy atom. The number of carbonyl (C=O) groups is 1. The second-order valence-electron chi connectivity index (χ2n) is 6.02. The zero-order valence-corrected chi connectivity index (χ0v) is 12.6. The molecule has 19 heavy (non-hydrogen) atoms. The van der Waals surface area contributed by atoms with Crippen molar-refractivity contribution >= 4 is 5.91 Å². The van der Waals surface area contributed by atoms with Gasteiger partial charge in [0.1, 0.15) is 0 Å². The zero-order chi connectivity index (χ0) is 13.9. The lowest BCUT2D eigenvalue weighted by atomic mass is 9.90. The minimum atomic E-state index is 0.264. The van der Waals surface area contributed by atoms with Crippen molar-refractivity contribution in [3.63, 3.8) is 0 Å². The molecule has 3 N–H and O–H groups in total. The molecule has 0 bridgehead atoms. The van der Waals surface area contributed by atoms with E-state index in [1.54, 1.807) is 0 Å². The summed E-state index contributed by atoms with van der Waals surface area (Å²) in [5.41, 5.74) is 5.63. The first kappa shape index (κ1) is 16.5. The van der Waals surface area contributed by atoms with Crippen molar-refractivity contribution < 1.29 is 4.79 Å². The zero-order valence-electron chi connectivity index (χ0n) is 12.6. The molecule has 0 aromatic carbocycles. The minimum Gasteiger partial charge on any atom is -0.356 e. The predicted molar refractivity (Wildman–Crippen MR) is 80.9 cm³/mol. The topological polar surface area (TPSA) is 55.1 Å². The Kier molecular flexibility index (Phi) is 8.89. The first-order valence-corrected chi connectivity index (χ1v) is 8.25. The Morgan fingerprint density at radius 3 is 2.37 bits per heavy atom. The van der Waals surface area contributed by atoms with Crippen molar-refractivity contribution in [1.82, 2.24) is 5.32 Å². The van der Waals surface area contributed by atoms with Gasteiger partial charge < -0.3 is 11.1 Å². The molecule has 0 heterocycles. The van der Waals surface area contributed by atoms with Crippen LogP contribution in [0.25, 0.3) is 0 Å². The van der Waals surface area contributed by atoms with Gasteiger partial charge in [-0.15, -0.1) is 0 Å². The average molecular weight is 268 g/mol. The molecule has 3 heteroatoms. The minimum absolute atomic E-state index is 0.264. The third-order valence-corrected chi connectivity index (χ3v) is 4.31. The van der Waals surface area contributed by atoms with E-state index < -0.39 is 0 Å². The Bertz CT molecular complexity index is 229. The standard InChI is InChI=1S/C16H32N2O/c1-2-8-14(11-12-17)13-18-16(19)15-9-6-4-3-5-7-10-15/h14-15H,2-13,17H2,1H3,(H,18,19). The van der Waals surface area contributed by atoms with Gasteiger partial charge in [0.15, 0.2) is 0 Å². The lowest BCUT2D eigenvalue weighted by Gasteiger charge is -2.21. The molecule has 0 saturated heterocycles. The van der Waals surface area contributed by atoms with Crippen LogP contribution in [0, 0.1) is 11.8 Å². The van der Waals surface area contributed by atoms with E-state index in [1.165, 1.54) is 44.9 Å². The molecule has 3 nitrogen and oxygen atoms in total. The van der Waals surface area contributed by atoms with Crippen molar-refractivity contribution in [3.8, 4) is 0 Å². The molecular formula is C16H32N2O. The van der Waals surface area contributed by atoms with Gasteiger partial charge in [0.05, 0.1) is 0 Å². The molecule has 0 aromatic rings. The Balaban J connectivity index is 2.30. The smallest absolute Gasteiger partial charge is 0.223 e.